The highest BCUT2D eigenvalue weighted by Crippen LogP contribution is 2.31. The van der Waals surface area contributed by atoms with Crippen molar-refractivity contribution in [3.05, 3.63) is 29.8 Å². The predicted molar refractivity (Wildman–Crippen MR) is 63.2 cm³/mol. The molecule has 1 rings (SSSR count). The van der Waals surface area contributed by atoms with Crippen molar-refractivity contribution in [3.8, 4) is 5.75 Å². The third-order valence-electron chi connectivity index (χ3n) is 2.48. The second-order valence-corrected chi connectivity index (χ2v) is 4.22. The monoisotopic (exact) mass is 231 g/mol. The van der Waals surface area contributed by atoms with Gasteiger partial charge in [-0.3, -0.25) is 0 Å². The first kappa shape index (κ1) is 14.2. The number of phenols is 1. The van der Waals surface area contributed by atoms with Gasteiger partial charge in [0.05, 0.1) is 0 Å². The van der Waals surface area contributed by atoms with Gasteiger partial charge in [-0.25, -0.2) is 0 Å². The fourth-order valence-electron chi connectivity index (χ4n) is 1.27. The Morgan fingerprint density at radius 1 is 1.40 bits per heavy atom. The van der Waals surface area contributed by atoms with Gasteiger partial charge in [0.2, 0.25) is 0 Å². The minimum atomic E-state index is -0.381. The topological polar surface area (TPSA) is 66.5 Å². The van der Waals surface area contributed by atoms with Crippen molar-refractivity contribution >= 4 is 12.4 Å². The van der Waals surface area contributed by atoms with Gasteiger partial charge in [0, 0.05) is 18.1 Å². The normalized spacial score (nSPS) is 13.1. The number of aliphatic hydroxyl groups excluding tert-OH is 1. The molecular formula is C11H18ClNO2. The second-order valence-electron chi connectivity index (χ2n) is 4.22. The van der Waals surface area contributed by atoms with Crippen molar-refractivity contribution in [3.63, 3.8) is 0 Å². The molecule has 0 aromatic heterocycles. The number of benzene rings is 1. The second kappa shape index (κ2) is 5.35. The molecule has 1 aromatic rings. The minimum Gasteiger partial charge on any atom is -0.508 e. The van der Waals surface area contributed by atoms with Crippen molar-refractivity contribution in [2.75, 3.05) is 6.61 Å². The summed E-state index contributed by atoms with van der Waals surface area (Å²) in [6, 6.07) is 6.55. The van der Waals surface area contributed by atoms with E-state index in [1.807, 2.05) is 19.9 Å². The molecule has 1 atom stereocenters. The lowest BCUT2D eigenvalue weighted by Crippen LogP contribution is -2.32. The van der Waals surface area contributed by atoms with Crippen LogP contribution in [0.4, 0.5) is 0 Å². The third-order valence-corrected chi connectivity index (χ3v) is 2.48. The van der Waals surface area contributed by atoms with Crippen molar-refractivity contribution < 1.29 is 10.2 Å². The van der Waals surface area contributed by atoms with Crippen molar-refractivity contribution in [1.29, 1.82) is 0 Å². The molecule has 0 aliphatic rings. The average molecular weight is 232 g/mol. The fraction of sp³-hybridized carbons (Fsp3) is 0.455. The molecule has 0 aliphatic carbocycles. The molecule has 1 aromatic carbocycles. The predicted octanol–water partition coefficient (Wildman–Crippen LogP) is 1.83. The summed E-state index contributed by atoms with van der Waals surface area (Å²) < 4.78 is 0. The Morgan fingerprint density at radius 3 is 2.47 bits per heavy atom. The first-order chi connectivity index (χ1) is 6.47. The van der Waals surface area contributed by atoms with Gasteiger partial charge in [-0.05, 0) is 17.7 Å². The van der Waals surface area contributed by atoms with Crippen molar-refractivity contribution in [1.82, 2.24) is 0 Å². The molecule has 0 unspecified atom stereocenters. The van der Waals surface area contributed by atoms with Gasteiger partial charge in [-0.2, -0.15) is 0 Å². The summed E-state index contributed by atoms with van der Waals surface area (Å²) in [6.07, 6.45) is 0. The van der Waals surface area contributed by atoms with Crippen LogP contribution in [-0.4, -0.2) is 16.8 Å². The summed E-state index contributed by atoms with van der Waals surface area (Å²) in [4.78, 5) is 0. The number of halogens is 1. The Morgan fingerprint density at radius 2 is 2.00 bits per heavy atom. The molecule has 3 nitrogen and oxygen atoms in total. The van der Waals surface area contributed by atoms with E-state index >= 15 is 0 Å². The molecule has 0 saturated heterocycles. The van der Waals surface area contributed by atoms with Gasteiger partial charge in [0.15, 0.2) is 0 Å². The molecule has 86 valence electrons. The van der Waals surface area contributed by atoms with E-state index < -0.39 is 0 Å². The Balaban J connectivity index is 0.00000196. The summed E-state index contributed by atoms with van der Waals surface area (Å²) in [5.41, 5.74) is 6.44. The van der Waals surface area contributed by atoms with Crippen LogP contribution in [0.2, 0.25) is 0 Å². The number of hydrogen-bond acceptors (Lipinski definition) is 3. The molecule has 0 fully saturated rings. The smallest absolute Gasteiger partial charge is 0.115 e. The molecule has 0 radical (unpaired) electrons. The largest absolute Gasteiger partial charge is 0.508 e. The minimum absolute atomic E-state index is 0. The van der Waals surface area contributed by atoms with Crippen molar-refractivity contribution in [2.45, 2.75) is 19.9 Å². The summed E-state index contributed by atoms with van der Waals surface area (Å²) in [5, 5.41) is 18.4. The number of aliphatic hydroxyl groups is 1. The van der Waals surface area contributed by atoms with Crippen LogP contribution in [-0.2, 0) is 0 Å². The Labute approximate surface area is 96.3 Å². The summed E-state index contributed by atoms with van der Waals surface area (Å²) >= 11 is 0. The summed E-state index contributed by atoms with van der Waals surface area (Å²) in [6.45, 7) is 3.80. The van der Waals surface area contributed by atoms with Gasteiger partial charge >= 0.3 is 0 Å². The number of aromatic hydroxyl groups is 1. The maximum Gasteiger partial charge on any atom is 0.115 e. The maximum absolute atomic E-state index is 9.28. The highest BCUT2D eigenvalue weighted by atomic mass is 35.5. The summed E-state index contributed by atoms with van der Waals surface area (Å²) in [7, 11) is 0. The Kier molecular flexibility index (Phi) is 5.08. The molecule has 0 heterocycles. The number of hydrogen-bond donors (Lipinski definition) is 3. The molecule has 0 amide bonds. The van der Waals surface area contributed by atoms with Gasteiger partial charge < -0.3 is 15.9 Å². The Hall–Kier alpha value is -0.770. The zero-order valence-corrected chi connectivity index (χ0v) is 9.79. The molecule has 0 saturated carbocycles. The van der Waals surface area contributed by atoms with E-state index in [0.717, 1.165) is 5.56 Å². The van der Waals surface area contributed by atoms with Crippen LogP contribution in [0.1, 0.15) is 25.5 Å². The standard InChI is InChI=1S/C11H17NO2.ClH/c1-11(2,7-13)10(12)8-4-3-5-9(14)6-8;/h3-6,10,13-14H,7,12H2,1-2H3;1H/t10-;/m0./s1. The zero-order valence-electron chi connectivity index (χ0n) is 8.97. The average Bonchev–Trinajstić information content (AvgIpc) is 2.16. The lowest BCUT2D eigenvalue weighted by Gasteiger charge is -2.29. The Bertz CT molecular complexity index is 315. The molecule has 0 spiro atoms. The number of rotatable bonds is 3. The summed E-state index contributed by atoms with van der Waals surface area (Å²) in [5.74, 6) is 0.201. The van der Waals surface area contributed by atoms with E-state index in [4.69, 9.17) is 10.8 Å². The SMILES string of the molecule is CC(C)(CO)[C@@H](N)c1cccc(O)c1.Cl. The highest BCUT2D eigenvalue weighted by Gasteiger charge is 2.26. The highest BCUT2D eigenvalue weighted by molar-refractivity contribution is 5.85. The van der Waals surface area contributed by atoms with E-state index in [0.29, 0.717) is 0 Å². The molecule has 15 heavy (non-hydrogen) atoms. The fourth-order valence-corrected chi connectivity index (χ4v) is 1.27. The van der Waals surface area contributed by atoms with Crippen LogP contribution < -0.4 is 5.73 Å². The van der Waals surface area contributed by atoms with E-state index in [-0.39, 0.29) is 36.2 Å². The van der Waals surface area contributed by atoms with E-state index in [1.54, 1.807) is 18.2 Å². The van der Waals surface area contributed by atoms with Crippen LogP contribution in [0, 0.1) is 5.41 Å². The number of nitrogens with two attached hydrogens (primary N) is 1. The van der Waals surface area contributed by atoms with Crippen LogP contribution >= 0.6 is 12.4 Å². The van der Waals surface area contributed by atoms with Crippen LogP contribution in [0.5, 0.6) is 5.75 Å². The van der Waals surface area contributed by atoms with Crippen molar-refractivity contribution in [2.24, 2.45) is 11.1 Å². The van der Waals surface area contributed by atoms with Crippen LogP contribution in [0.3, 0.4) is 0 Å². The first-order valence-corrected chi connectivity index (χ1v) is 4.63. The molecule has 4 N–H and O–H groups in total. The quantitative estimate of drug-likeness (QED) is 0.744. The van der Waals surface area contributed by atoms with E-state index in [1.165, 1.54) is 0 Å². The molecular weight excluding hydrogens is 214 g/mol. The zero-order chi connectivity index (χ0) is 10.8. The first-order valence-electron chi connectivity index (χ1n) is 4.63. The molecule has 0 aliphatic heterocycles. The molecule has 0 bridgehead atoms. The van der Waals surface area contributed by atoms with Gasteiger partial charge in [0.1, 0.15) is 5.75 Å². The lowest BCUT2D eigenvalue weighted by atomic mass is 9.82. The third kappa shape index (κ3) is 3.38. The van der Waals surface area contributed by atoms with E-state index in [9.17, 15) is 5.11 Å². The molecule has 4 heteroatoms. The number of phenolic OH excluding ortho intramolecular Hbond substituents is 1. The van der Waals surface area contributed by atoms with Crippen LogP contribution in [0.25, 0.3) is 0 Å². The van der Waals surface area contributed by atoms with Crippen LogP contribution in [0.15, 0.2) is 24.3 Å². The lowest BCUT2D eigenvalue weighted by molar-refractivity contribution is 0.132. The van der Waals surface area contributed by atoms with Gasteiger partial charge in [0.25, 0.3) is 0 Å². The maximum atomic E-state index is 9.28. The van der Waals surface area contributed by atoms with Gasteiger partial charge in [-0.1, -0.05) is 26.0 Å². The van der Waals surface area contributed by atoms with E-state index in [2.05, 4.69) is 0 Å². The van der Waals surface area contributed by atoms with Gasteiger partial charge in [-0.15, -0.1) is 12.4 Å².